The number of alkyl halides is 3. The topological polar surface area (TPSA) is 45.9 Å². The van der Waals surface area contributed by atoms with Gasteiger partial charge >= 0.3 is 0 Å². The predicted molar refractivity (Wildman–Crippen MR) is 54.6 cm³/mol. The molecule has 0 fully saturated rings. The molecule has 1 aromatic heterocycles. The molecular formula is C10H9ClF2N2O. The van der Waals surface area contributed by atoms with Gasteiger partial charge in [0.15, 0.2) is 0 Å². The third-order valence-electron chi connectivity index (χ3n) is 2.02. The van der Waals surface area contributed by atoms with Gasteiger partial charge in [-0.25, -0.2) is 13.8 Å². The van der Waals surface area contributed by atoms with Gasteiger partial charge in [-0.15, -0.1) is 11.6 Å². The molecule has 0 unspecified atom stereocenters. The summed E-state index contributed by atoms with van der Waals surface area (Å²) >= 11 is 5.64. The molecule has 0 spiro atoms. The van der Waals surface area contributed by atoms with Crippen molar-refractivity contribution in [3.63, 3.8) is 0 Å². The molecule has 0 saturated heterocycles. The Labute approximate surface area is 96.6 Å². The summed E-state index contributed by atoms with van der Waals surface area (Å²) in [5.41, 5.74) is 0.518. The maximum Gasteiger partial charge on any atom is 0.280 e. The van der Waals surface area contributed by atoms with Gasteiger partial charge in [0.05, 0.1) is 19.6 Å². The van der Waals surface area contributed by atoms with Crippen LogP contribution in [0.4, 0.5) is 8.78 Å². The summed E-state index contributed by atoms with van der Waals surface area (Å²) in [6.45, 7) is 0. The molecule has 0 radical (unpaired) electrons. The molecule has 0 bridgehead atoms. The lowest BCUT2D eigenvalue weighted by atomic mass is 10.1. The van der Waals surface area contributed by atoms with Crippen LogP contribution < -0.4 is 4.74 Å². The fourth-order valence-electron chi connectivity index (χ4n) is 1.29. The van der Waals surface area contributed by atoms with E-state index in [4.69, 9.17) is 21.6 Å². The zero-order valence-corrected chi connectivity index (χ0v) is 9.26. The smallest absolute Gasteiger partial charge is 0.280 e. The van der Waals surface area contributed by atoms with E-state index in [1.54, 1.807) is 0 Å². The number of halogens is 3. The molecule has 0 aliphatic carbocycles. The number of nitriles is 1. The summed E-state index contributed by atoms with van der Waals surface area (Å²) in [7, 11) is 1.32. The van der Waals surface area contributed by atoms with Crippen LogP contribution in [0.3, 0.4) is 0 Å². The van der Waals surface area contributed by atoms with Gasteiger partial charge in [-0.2, -0.15) is 5.26 Å². The van der Waals surface area contributed by atoms with Crippen LogP contribution in [0.1, 0.15) is 23.2 Å². The minimum Gasteiger partial charge on any atom is -0.481 e. The first-order chi connectivity index (χ1) is 7.63. The van der Waals surface area contributed by atoms with Crippen molar-refractivity contribution in [1.82, 2.24) is 4.98 Å². The molecule has 0 atom stereocenters. The summed E-state index contributed by atoms with van der Waals surface area (Å²) in [5, 5.41) is 8.61. The third-order valence-corrected chi connectivity index (χ3v) is 2.30. The van der Waals surface area contributed by atoms with Crippen molar-refractivity contribution < 1.29 is 13.5 Å². The number of hydrogen-bond acceptors (Lipinski definition) is 3. The van der Waals surface area contributed by atoms with Crippen LogP contribution in [0.25, 0.3) is 0 Å². The van der Waals surface area contributed by atoms with Crippen LogP contribution >= 0.6 is 11.6 Å². The van der Waals surface area contributed by atoms with Gasteiger partial charge in [0.25, 0.3) is 6.43 Å². The van der Waals surface area contributed by atoms with E-state index in [0.29, 0.717) is 11.1 Å². The van der Waals surface area contributed by atoms with E-state index in [-0.39, 0.29) is 18.2 Å². The number of pyridine rings is 1. The molecule has 0 amide bonds. The minimum atomic E-state index is -2.69. The molecule has 0 aliphatic heterocycles. The Kier molecular flexibility index (Phi) is 4.44. The molecule has 0 aliphatic rings. The number of rotatable bonds is 4. The van der Waals surface area contributed by atoms with Crippen molar-refractivity contribution in [2.45, 2.75) is 18.7 Å². The summed E-state index contributed by atoms with van der Waals surface area (Å²) in [5.74, 6) is 0.0744. The van der Waals surface area contributed by atoms with E-state index >= 15 is 0 Å². The normalized spacial score (nSPS) is 10.2. The number of hydrogen-bond donors (Lipinski definition) is 0. The molecular weight excluding hydrogens is 238 g/mol. The average molecular weight is 247 g/mol. The highest BCUT2D eigenvalue weighted by molar-refractivity contribution is 6.17. The van der Waals surface area contributed by atoms with Crippen molar-refractivity contribution in [2.75, 3.05) is 7.11 Å². The van der Waals surface area contributed by atoms with Crippen molar-refractivity contribution in [3.8, 4) is 11.9 Å². The van der Waals surface area contributed by atoms with Gasteiger partial charge in [0, 0.05) is 11.4 Å². The highest BCUT2D eigenvalue weighted by atomic mass is 35.5. The lowest BCUT2D eigenvalue weighted by Gasteiger charge is -2.11. The van der Waals surface area contributed by atoms with Crippen LogP contribution in [-0.2, 0) is 12.3 Å². The van der Waals surface area contributed by atoms with Gasteiger partial charge in [0.2, 0.25) is 5.88 Å². The summed E-state index contributed by atoms with van der Waals surface area (Å²) < 4.78 is 29.9. The highest BCUT2D eigenvalue weighted by Crippen LogP contribution is 2.27. The maximum atomic E-state index is 12.5. The molecule has 3 nitrogen and oxygen atoms in total. The SMILES string of the molecule is COc1nc(C(F)F)cc(CCl)c1CC#N. The second kappa shape index (κ2) is 5.61. The first kappa shape index (κ1) is 12.7. The fourth-order valence-corrected chi connectivity index (χ4v) is 1.53. The van der Waals surface area contributed by atoms with Crippen LogP contribution in [0, 0.1) is 11.3 Å². The van der Waals surface area contributed by atoms with E-state index < -0.39 is 12.1 Å². The van der Waals surface area contributed by atoms with Crippen LogP contribution in [-0.4, -0.2) is 12.1 Å². The van der Waals surface area contributed by atoms with Crippen LogP contribution in [0.2, 0.25) is 0 Å². The van der Waals surface area contributed by atoms with E-state index in [0.717, 1.165) is 0 Å². The van der Waals surface area contributed by atoms with Crippen LogP contribution in [0.15, 0.2) is 6.07 Å². The lowest BCUT2D eigenvalue weighted by Crippen LogP contribution is -2.03. The largest absolute Gasteiger partial charge is 0.481 e. The van der Waals surface area contributed by atoms with Gasteiger partial charge in [-0.3, -0.25) is 0 Å². The Morgan fingerprint density at radius 3 is 2.75 bits per heavy atom. The van der Waals surface area contributed by atoms with Gasteiger partial charge < -0.3 is 4.74 Å². The lowest BCUT2D eigenvalue weighted by molar-refractivity contribution is 0.145. The molecule has 1 aromatic rings. The zero-order chi connectivity index (χ0) is 12.1. The van der Waals surface area contributed by atoms with E-state index in [1.165, 1.54) is 13.2 Å². The fraction of sp³-hybridized carbons (Fsp3) is 0.400. The first-order valence-electron chi connectivity index (χ1n) is 4.41. The standard InChI is InChI=1S/C10H9ClF2N2O/c1-16-10-7(2-3-14)6(5-11)4-8(15-10)9(12)13/h4,9H,2,5H2,1H3. The van der Waals surface area contributed by atoms with E-state index in [2.05, 4.69) is 4.98 Å². The molecule has 86 valence electrons. The second-order valence-corrected chi connectivity index (χ2v) is 3.23. The van der Waals surface area contributed by atoms with Gasteiger partial charge in [-0.1, -0.05) is 0 Å². The summed E-state index contributed by atoms with van der Waals surface area (Å²) in [4.78, 5) is 3.64. The van der Waals surface area contributed by atoms with Crippen molar-refractivity contribution >= 4 is 11.6 Å². The number of ether oxygens (including phenoxy) is 1. The zero-order valence-electron chi connectivity index (χ0n) is 8.51. The Bertz CT molecular complexity index is 393. The number of aromatic nitrogens is 1. The Balaban J connectivity index is 3.32. The monoisotopic (exact) mass is 246 g/mol. The Morgan fingerprint density at radius 1 is 1.62 bits per heavy atom. The van der Waals surface area contributed by atoms with Crippen molar-refractivity contribution in [2.24, 2.45) is 0 Å². The quantitative estimate of drug-likeness (QED) is 0.768. The number of methoxy groups -OCH3 is 1. The molecule has 16 heavy (non-hydrogen) atoms. The predicted octanol–water partition coefficient (Wildman–Crippen LogP) is 2.83. The first-order valence-corrected chi connectivity index (χ1v) is 4.95. The second-order valence-electron chi connectivity index (χ2n) is 2.96. The van der Waals surface area contributed by atoms with Gasteiger partial charge in [-0.05, 0) is 11.6 Å². The molecule has 0 N–H and O–H groups in total. The summed E-state index contributed by atoms with van der Waals surface area (Å²) in [6.07, 6.45) is -2.66. The Hall–Kier alpha value is -1.41. The molecule has 1 rings (SSSR count). The van der Waals surface area contributed by atoms with Crippen molar-refractivity contribution in [3.05, 3.63) is 22.9 Å². The van der Waals surface area contributed by atoms with E-state index in [1.807, 2.05) is 6.07 Å². The highest BCUT2D eigenvalue weighted by Gasteiger charge is 2.17. The molecule has 6 heteroatoms. The minimum absolute atomic E-state index is 0.0295. The summed E-state index contributed by atoms with van der Waals surface area (Å²) in [6, 6.07) is 3.12. The van der Waals surface area contributed by atoms with Gasteiger partial charge in [0.1, 0.15) is 5.69 Å². The maximum absolute atomic E-state index is 12.5. The molecule has 1 heterocycles. The Morgan fingerprint density at radius 2 is 2.31 bits per heavy atom. The molecule has 0 saturated carbocycles. The third kappa shape index (κ3) is 2.58. The number of nitrogens with zero attached hydrogens (tertiary/aromatic N) is 2. The van der Waals surface area contributed by atoms with E-state index in [9.17, 15) is 8.78 Å². The molecule has 0 aromatic carbocycles. The average Bonchev–Trinajstić information content (AvgIpc) is 2.29. The van der Waals surface area contributed by atoms with Crippen molar-refractivity contribution in [1.29, 1.82) is 5.26 Å². The van der Waals surface area contributed by atoms with Crippen LogP contribution in [0.5, 0.6) is 5.88 Å².